The van der Waals surface area contributed by atoms with Crippen molar-refractivity contribution in [2.45, 2.75) is 6.42 Å². The topological polar surface area (TPSA) is 60.1 Å². The first-order valence-corrected chi connectivity index (χ1v) is 11.4. The normalized spacial score (nSPS) is 19.4. The van der Waals surface area contributed by atoms with Crippen LogP contribution in [0.3, 0.4) is 0 Å². The van der Waals surface area contributed by atoms with Crippen molar-refractivity contribution >= 4 is 23.0 Å². The van der Waals surface area contributed by atoms with Gasteiger partial charge in [0.25, 0.3) is 0 Å². The summed E-state index contributed by atoms with van der Waals surface area (Å²) in [6, 6.07) is 14.9. The summed E-state index contributed by atoms with van der Waals surface area (Å²) in [4.78, 5) is 17.2. The Labute approximate surface area is 189 Å². The molecule has 2 fully saturated rings. The third-order valence-corrected chi connectivity index (χ3v) is 6.50. The second kappa shape index (κ2) is 9.32. The first kappa shape index (κ1) is 21.0. The fraction of sp³-hybridized carbons (Fsp3) is 0.400. The number of carbonyl (C=O) groups is 1. The Morgan fingerprint density at radius 3 is 2.44 bits per heavy atom. The molecule has 32 heavy (non-hydrogen) atoms. The maximum absolute atomic E-state index is 12.4. The SMILES string of the molecule is CN1CCN(c2ccc(C3=CCc4ccc(NC(=O)NN5CCOCC5)cc43)cc2)CC1. The standard InChI is InChI=1S/C25H31N5O2/c1-28-10-12-29(13-11-28)22-7-3-19(4-8-22)23-9-5-20-2-6-21(18-24(20)23)26-25(31)27-30-14-16-32-17-15-30/h2-4,6-9,18H,5,10-17H2,1H3,(H2,26,27,31). The summed E-state index contributed by atoms with van der Waals surface area (Å²) >= 11 is 0. The number of anilines is 2. The number of fused-ring (bicyclic) bond motifs is 1. The summed E-state index contributed by atoms with van der Waals surface area (Å²) in [6.07, 6.45) is 3.21. The first-order chi connectivity index (χ1) is 15.7. The third-order valence-electron chi connectivity index (χ3n) is 6.50. The summed E-state index contributed by atoms with van der Waals surface area (Å²) < 4.78 is 5.33. The fourth-order valence-corrected chi connectivity index (χ4v) is 4.57. The molecule has 168 valence electrons. The summed E-state index contributed by atoms with van der Waals surface area (Å²) in [5, 5.41) is 4.86. The van der Waals surface area contributed by atoms with Crippen LogP contribution < -0.4 is 15.6 Å². The van der Waals surface area contributed by atoms with Crippen LogP contribution in [-0.4, -0.2) is 75.5 Å². The van der Waals surface area contributed by atoms with E-state index in [0.29, 0.717) is 26.3 Å². The summed E-state index contributed by atoms with van der Waals surface area (Å²) in [6.45, 7) is 7.04. The molecule has 0 aromatic heterocycles. The lowest BCUT2D eigenvalue weighted by molar-refractivity contribution is 0.0207. The van der Waals surface area contributed by atoms with E-state index < -0.39 is 0 Å². The van der Waals surface area contributed by atoms with Gasteiger partial charge >= 0.3 is 6.03 Å². The van der Waals surface area contributed by atoms with Crippen molar-refractivity contribution in [1.82, 2.24) is 15.3 Å². The van der Waals surface area contributed by atoms with Gasteiger partial charge in [0.15, 0.2) is 0 Å². The Morgan fingerprint density at radius 2 is 1.69 bits per heavy atom. The van der Waals surface area contributed by atoms with E-state index in [0.717, 1.165) is 38.3 Å². The summed E-state index contributed by atoms with van der Waals surface area (Å²) in [5.74, 6) is 0. The predicted octanol–water partition coefficient (Wildman–Crippen LogP) is 2.79. The minimum absolute atomic E-state index is 0.216. The van der Waals surface area contributed by atoms with Crippen LogP contribution in [-0.2, 0) is 11.2 Å². The number of likely N-dealkylation sites (N-methyl/N-ethyl adjacent to an activating group) is 1. The van der Waals surface area contributed by atoms with Crippen LogP contribution in [0.15, 0.2) is 48.5 Å². The summed E-state index contributed by atoms with van der Waals surface area (Å²) in [5.41, 5.74) is 9.94. The average Bonchev–Trinajstić information content (AvgIpc) is 3.23. The highest BCUT2D eigenvalue weighted by molar-refractivity contribution is 5.92. The van der Waals surface area contributed by atoms with Crippen LogP contribution in [0, 0.1) is 0 Å². The number of rotatable bonds is 4. The number of hydrogen-bond acceptors (Lipinski definition) is 5. The van der Waals surface area contributed by atoms with Crippen LogP contribution in [0.5, 0.6) is 0 Å². The second-order valence-electron chi connectivity index (χ2n) is 8.70. The number of nitrogens with one attached hydrogen (secondary N) is 2. The molecule has 0 saturated carbocycles. The van der Waals surface area contributed by atoms with Crippen molar-refractivity contribution in [3.8, 4) is 0 Å². The Bertz CT molecular complexity index is 990. The maximum Gasteiger partial charge on any atom is 0.333 e. The third kappa shape index (κ3) is 4.65. The molecule has 0 radical (unpaired) electrons. The molecule has 5 rings (SSSR count). The number of piperazine rings is 1. The van der Waals surface area contributed by atoms with E-state index in [-0.39, 0.29) is 6.03 Å². The van der Waals surface area contributed by atoms with E-state index in [1.165, 1.54) is 28.0 Å². The van der Waals surface area contributed by atoms with Crippen molar-refractivity contribution in [3.63, 3.8) is 0 Å². The zero-order valence-corrected chi connectivity index (χ0v) is 18.6. The molecule has 0 bridgehead atoms. The van der Waals surface area contributed by atoms with Crippen molar-refractivity contribution < 1.29 is 9.53 Å². The number of hydrogen-bond donors (Lipinski definition) is 2. The zero-order chi connectivity index (χ0) is 21.9. The molecule has 3 aliphatic rings. The minimum Gasteiger partial charge on any atom is -0.379 e. The first-order valence-electron chi connectivity index (χ1n) is 11.4. The number of benzene rings is 2. The number of allylic oxidation sites excluding steroid dienone is 1. The lowest BCUT2D eigenvalue weighted by Gasteiger charge is -2.34. The van der Waals surface area contributed by atoms with Crippen LogP contribution in [0.25, 0.3) is 5.57 Å². The molecule has 0 unspecified atom stereocenters. The zero-order valence-electron chi connectivity index (χ0n) is 18.6. The van der Waals surface area contributed by atoms with Gasteiger partial charge in [-0.1, -0.05) is 24.3 Å². The van der Waals surface area contributed by atoms with Gasteiger partial charge in [0.05, 0.1) is 13.2 Å². The molecule has 2 N–H and O–H groups in total. The van der Waals surface area contributed by atoms with Gasteiger partial charge in [0.1, 0.15) is 0 Å². The molecular formula is C25H31N5O2. The van der Waals surface area contributed by atoms with E-state index in [1.807, 2.05) is 11.1 Å². The Kier molecular flexibility index (Phi) is 6.12. The van der Waals surface area contributed by atoms with E-state index in [1.54, 1.807) is 0 Å². The Balaban J connectivity index is 1.26. The number of ether oxygens (including phenoxy) is 1. The number of carbonyl (C=O) groups excluding carboxylic acids is 1. The number of morpholine rings is 1. The second-order valence-corrected chi connectivity index (χ2v) is 8.70. The van der Waals surface area contributed by atoms with Crippen molar-refractivity contribution in [3.05, 3.63) is 65.2 Å². The average molecular weight is 434 g/mol. The summed E-state index contributed by atoms with van der Waals surface area (Å²) in [7, 11) is 2.18. The predicted molar refractivity (Wildman–Crippen MR) is 128 cm³/mol. The highest BCUT2D eigenvalue weighted by Crippen LogP contribution is 2.35. The van der Waals surface area contributed by atoms with Crippen molar-refractivity contribution in [2.24, 2.45) is 0 Å². The molecular weight excluding hydrogens is 402 g/mol. The largest absolute Gasteiger partial charge is 0.379 e. The lowest BCUT2D eigenvalue weighted by Crippen LogP contribution is -2.49. The molecule has 2 saturated heterocycles. The molecule has 2 aromatic carbocycles. The monoisotopic (exact) mass is 433 g/mol. The van der Waals surface area contributed by atoms with Crippen LogP contribution in [0.1, 0.15) is 16.7 Å². The minimum atomic E-state index is -0.216. The van der Waals surface area contributed by atoms with Gasteiger partial charge in [0.2, 0.25) is 0 Å². The quantitative estimate of drug-likeness (QED) is 0.777. The van der Waals surface area contributed by atoms with Gasteiger partial charge in [0, 0.05) is 50.6 Å². The van der Waals surface area contributed by atoms with E-state index in [9.17, 15) is 4.79 Å². The van der Waals surface area contributed by atoms with Gasteiger partial charge in [-0.15, -0.1) is 0 Å². The highest BCUT2D eigenvalue weighted by atomic mass is 16.5. The smallest absolute Gasteiger partial charge is 0.333 e. The number of hydrazine groups is 1. The number of urea groups is 1. The number of amides is 2. The Morgan fingerprint density at radius 1 is 0.938 bits per heavy atom. The molecule has 2 aliphatic heterocycles. The molecule has 0 spiro atoms. The van der Waals surface area contributed by atoms with Gasteiger partial charge < -0.3 is 19.9 Å². The number of nitrogens with zero attached hydrogens (tertiary/aromatic N) is 3. The lowest BCUT2D eigenvalue weighted by atomic mass is 9.98. The van der Waals surface area contributed by atoms with E-state index in [4.69, 9.17) is 4.74 Å². The van der Waals surface area contributed by atoms with Crippen molar-refractivity contribution in [1.29, 1.82) is 0 Å². The molecule has 7 nitrogen and oxygen atoms in total. The molecule has 7 heteroatoms. The molecule has 2 heterocycles. The Hall–Kier alpha value is -2.87. The van der Waals surface area contributed by atoms with Crippen LogP contribution in [0.4, 0.5) is 16.2 Å². The van der Waals surface area contributed by atoms with Gasteiger partial charge in [-0.3, -0.25) is 5.43 Å². The van der Waals surface area contributed by atoms with Crippen LogP contribution in [0.2, 0.25) is 0 Å². The molecule has 1 aliphatic carbocycles. The fourth-order valence-electron chi connectivity index (χ4n) is 4.57. The maximum atomic E-state index is 12.4. The van der Waals surface area contributed by atoms with Crippen LogP contribution >= 0.6 is 0 Å². The highest BCUT2D eigenvalue weighted by Gasteiger charge is 2.19. The van der Waals surface area contributed by atoms with E-state index >= 15 is 0 Å². The van der Waals surface area contributed by atoms with Gasteiger partial charge in [-0.05, 0) is 60.0 Å². The van der Waals surface area contributed by atoms with Crippen molar-refractivity contribution in [2.75, 3.05) is 69.7 Å². The molecule has 2 aromatic rings. The van der Waals surface area contributed by atoms with Gasteiger partial charge in [-0.2, -0.15) is 0 Å². The van der Waals surface area contributed by atoms with Gasteiger partial charge in [-0.25, -0.2) is 9.80 Å². The van der Waals surface area contributed by atoms with E-state index in [2.05, 4.69) is 70.1 Å². The molecule has 0 atom stereocenters. The molecule has 2 amide bonds.